The molecule has 1 aliphatic heterocycles. The summed E-state index contributed by atoms with van der Waals surface area (Å²) in [5.41, 5.74) is 1.62. The topological polar surface area (TPSA) is 41.1 Å². The largest absolute Gasteiger partial charge is 0.348 e. The van der Waals surface area contributed by atoms with E-state index < -0.39 is 0 Å². The van der Waals surface area contributed by atoms with Crippen LogP contribution < -0.4 is 10.6 Å². The highest BCUT2D eigenvalue weighted by Gasteiger charge is 2.17. The second-order valence-corrected chi connectivity index (χ2v) is 4.91. The van der Waals surface area contributed by atoms with Gasteiger partial charge in [-0.2, -0.15) is 0 Å². The van der Waals surface area contributed by atoms with Crippen molar-refractivity contribution in [3.63, 3.8) is 0 Å². The van der Waals surface area contributed by atoms with Gasteiger partial charge in [-0.05, 0) is 44.0 Å². The number of amides is 1. The van der Waals surface area contributed by atoms with Gasteiger partial charge in [0, 0.05) is 23.2 Å². The van der Waals surface area contributed by atoms with Crippen LogP contribution in [0.3, 0.4) is 0 Å². The molecule has 1 amide bonds. The van der Waals surface area contributed by atoms with Crippen molar-refractivity contribution in [1.29, 1.82) is 0 Å². The normalized spacial score (nSPS) is 20.0. The lowest BCUT2D eigenvalue weighted by molar-refractivity contribution is 0.0930. The number of rotatable bonds is 2. The van der Waals surface area contributed by atoms with E-state index in [4.69, 9.17) is 11.6 Å². The molecule has 4 heteroatoms. The van der Waals surface area contributed by atoms with E-state index in [1.54, 1.807) is 12.1 Å². The molecule has 0 unspecified atom stereocenters. The highest BCUT2D eigenvalue weighted by molar-refractivity contribution is 6.31. The van der Waals surface area contributed by atoms with Crippen LogP contribution in [0.15, 0.2) is 18.2 Å². The Bertz CT molecular complexity index is 414. The number of piperidine rings is 1. The van der Waals surface area contributed by atoms with E-state index in [0.717, 1.165) is 31.5 Å². The first-order chi connectivity index (χ1) is 8.16. The van der Waals surface area contributed by atoms with Gasteiger partial charge in [0.25, 0.3) is 5.91 Å². The highest BCUT2D eigenvalue weighted by atomic mass is 35.5. The third kappa shape index (κ3) is 3.20. The van der Waals surface area contributed by atoms with Crippen molar-refractivity contribution in [1.82, 2.24) is 10.6 Å². The summed E-state index contributed by atoms with van der Waals surface area (Å²) >= 11 is 5.91. The number of hydrogen-bond acceptors (Lipinski definition) is 2. The van der Waals surface area contributed by atoms with E-state index in [9.17, 15) is 4.79 Å². The third-order valence-corrected chi connectivity index (χ3v) is 3.31. The molecule has 0 spiro atoms. The van der Waals surface area contributed by atoms with Gasteiger partial charge >= 0.3 is 0 Å². The zero-order valence-corrected chi connectivity index (χ0v) is 10.7. The maximum atomic E-state index is 12.1. The average Bonchev–Trinajstić information content (AvgIpc) is 2.33. The van der Waals surface area contributed by atoms with Crippen molar-refractivity contribution < 1.29 is 4.79 Å². The number of carbonyl (C=O) groups excluding carboxylic acids is 1. The smallest absolute Gasteiger partial charge is 0.251 e. The number of benzene rings is 1. The molecule has 1 atom stereocenters. The minimum Gasteiger partial charge on any atom is -0.348 e. The van der Waals surface area contributed by atoms with Gasteiger partial charge in [0.2, 0.25) is 0 Å². The summed E-state index contributed by atoms with van der Waals surface area (Å²) in [7, 11) is 0. The van der Waals surface area contributed by atoms with Crippen LogP contribution in [0.25, 0.3) is 0 Å². The summed E-state index contributed by atoms with van der Waals surface area (Å²) in [4.78, 5) is 12.1. The zero-order valence-electron chi connectivity index (χ0n) is 9.92. The molecule has 3 nitrogen and oxygen atoms in total. The molecule has 92 valence electrons. The quantitative estimate of drug-likeness (QED) is 0.847. The monoisotopic (exact) mass is 252 g/mol. The summed E-state index contributed by atoms with van der Waals surface area (Å²) in [6.07, 6.45) is 2.15. The highest BCUT2D eigenvalue weighted by Crippen LogP contribution is 2.15. The van der Waals surface area contributed by atoms with Gasteiger partial charge < -0.3 is 10.6 Å². The molecule has 0 bridgehead atoms. The summed E-state index contributed by atoms with van der Waals surface area (Å²) in [6.45, 7) is 3.82. The van der Waals surface area contributed by atoms with Gasteiger partial charge in [-0.3, -0.25) is 4.79 Å². The molecule has 1 heterocycles. The first-order valence-corrected chi connectivity index (χ1v) is 6.32. The predicted molar refractivity (Wildman–Crippen MR) is 69.5 cm³/mol. The van der Waals surface area contributed by atoms with Crippen LogP contribution in [0.2, 0.25) is 5.02 Å². The number of nitrogens with one attached hydrogen (secondary N) is 2. The van der Waals surface area contributed by atoms with Crippen LogP contribution >= 0.6 is 11.6 Å². The van der Waals surface area contributed by atoms with E-state index in [-0.39, 0.29) is 11.9 Å². The predicted octanol–water partition coefficient (Wildman–Crippen LogP) is 2.13. The standard InChI is InChI=1S/C13H17ClN2O/c1-9-4-5-10(14)7-12(9)13(17)16-11-3-2-6-15-8-11/h4-5,7,11,15H,2-3,6,8H2,1H3,(H,16,17)/t11-/m1/s1. The fraction of sp³-hybridized carbons (Fsp3) is 0.462. The Morgan fingerprint density at radius 1 is 1.53 bits per heavy atom. The van der Waals surface area contributed by atoms with Gasteiger partial charge in [-0.15, -0.1) is 0 Å². The first-order valence-electron chi connectivity index (χ1n) is 5.94. The molecular weight excluding hydrogens is 236 g/mol. The maximum Gasteiger partial charge on any atom is 0.251 e. The molecule has 1 fully saturated rings. The Hall–Kier alpha value is -1.06. The molecule has 0 aromatic heterocycles. The molecule has 0 aliphatic carbocycles. The van der Waals surface area contributed by atoms with Gasteiger partial charge in [0.15, 0.2) is 0 Å². The van der Waals surface area contributed by atoms with E-state index in [0.29, 0.717) is 10.6 Å². The number of halogens is 1. The molecule has 17 heavy (non-hydrogen) atoms. The van der Waals surface area contributed by atoms with Crippen molar-refractivity contribution in [3.05, 3.63) is 34.3 Å². The lowest BCUT2D eigenvalue weighted by Gasteiger charge is -2.24. The second kappa shape index (κ2) is 5.52. The fourth-order valence-corrected chi connectivity index (χ4v) is 2.25. The number of carbonyl (C=O) groups is 1. The van der Waals surface area contributed by atoms with E-state index in [2.05, 4.69) is 10.6 Å². The second-order valence-electron chi connectivity index (χ2n) is 4.48. The maximum absolute atomic E-state index is 12.1. The Morgan fingerprint density at radius 3 is 3.06 bits per heavy atom. The van der Waals surface area contributed by atoms with Crippen molar-refractivity contribution in [2.45, 2.75) is 25.8 Å². The lowest BCUT2D eigenvalue weighted by atomic mass is 10.1. The van der Waals surface area contributed by atoms with Crippen molar-refractivity contribution >= 4 is 17.5 Å². The molecule has 2 rings (SSSR count). The zero-order chi connectivity index (χ0) is 12.3. The first kappa shape index (κ1) is 12.4. The lowest BCUT2D eigenvalue weighted by Crippen LogP contribution is -2.45. The minimum atomic E-state index is -0.0290. The fourth-order valence-electron chi connectivity index (χ4n) is 2.08. The van der Waals surface area contributed by atoms with Crippen LogP contribution in [0.1, 0.15) is 28.8 Å². The Morgan fingerprint density at radius 2 is 2.35 bits per heavy atom. The molecule has 1 aromatic rings. The van der Waals surface area contributed by atoms with Crippen molar-refractivity contribution in [3.8, 4) is 0 Å². The van der Waals surface area contributed by atoms with Gasteiger partial charge in [0.1, 0.15) is 0 Å². The van der Waals surface area contributed by atoms with Crippen LogP contribution in [-0.4, -0.2) is 25.0 Å². The Labute approximate surface area is 107 Å². The molecule has 1 saturated heterocycles. The molecule has 0 saturated carbocycles. The van der Waals surface area contributed by atoms with E-state index in [1.807, 2.05) is 13.0 Å². The number of hydrogen-bond donors (Lipinski definition) is 2. The SMILES string of the molecule is Cc1ccc(Cl)cc1C(=O)N[C@@H]1CCCNC1. The van der Waals surface area contributed by atoms with Gasteiger partial charge in [-0.25, -0.2) is 0 Å². The van der Waals surface area contributed by atoms with Crippen molar-refractivity contribution in [2.75, 3.05) is 13.1 Å². The van der Waals surface area contributed by atoms with Gasteiger partial charge in [-0.1, -0.05) is 17.7 Å². The molecule has 1 aliphatic rings. The van der Waals surface area contributed by atoms with Crippen LogP contribution in [0, 0.1) is 6.92 Å². The van der Waals surface area contributed by atoms with E-state index >= 15 is 0 Å². The third-order valence-electron chi connectivity index (χ3n) is 3.08. The van der Waals surface area contributed by atoms with Crippen LogP contribution in [0.5, 0.6) is 0 Å². The molecular formula is C13H17ClN2O. The van der Waals surface area contributed by atoms with Crippen LogP contribution in [0.4, 0.5) is 0 Å². The Kier molecular flexibility index (Phi) is 4.02. The summed E-state index contributed by atoms with van der Waals surface area (Å²) in [6, 6.07) is 5.63. The molecule has 1 aromatic carbocycles. The number of aryl methyl sites for hydroxylation is 1. The summed E-state index contributed by atoms with van der Waals surface area (Å²) in [5.74, 6) is -0.0290. The van der Waals surface area contributed by atoms with E-state index in [1.165, 1.54) is 0 Å². The summed E-state index contributed by atoms with van der Waals surface area (Å²) in [5, 5.41) is 6.92. The minimum absolute atomic E-state index is 0.0290. The molecule has 2 N–H and O–H groups in total. The van der Waals surface area contributed by atoms with Crippen molar-refractivity contribution in [2.24, 2.45) is 0 Å². The Balaban J connectivity index is 2.05. The van der Waals surface area contributed by atoms with Crippen LogP contribution in [-0.2, 0) is 0 Å². The average molecular weight is 253 g/mol. The van der Waals surface area contributed by atoms with Gasteiger partial charge in [0.05, 0.1) is 0 Å². The molecule has 0 radical (unpaired) electrons. The summed E-state index contributed by atoms with van der Waals surface area (Å²) < 4.78 is 0.